The fourth-order valence-electron chi connectivity index (χ4n) is 2.93. The Labute approximate surface area is 154 Å². The molecule has 4 nitrogen and oxygen atoms in total. The van der Waals surface area contributed by atoms with Gasteiger partial charge in [-0.2, -0.15) is 0 Å². The van der Waals surface area contributed by atoms with Gasteiger partial charge in [-0.3, -0.25) is 4.79 Å². The zero-order valence-corrected chi connectivity index (χ0v) is 15.3. The topological polar surface area (TPSA) is 59.3 Å². The van der Waals surface area contributed by atoms with Gasteiger partial charge >= 0.3 is 5.97 Å². The van der Waals surface area contributed by atoms with Gasteiger partial charge in [0.05, 0.1) is 5.52 Å². The number of carboxylic acid groups (broad SMARTS) is 1. The van der Waals surface area contributed by atoms with Crippen LogP contribution in [0.1, 0.15) is 31.1 Å². The van der Waals surface area contributed by atoms with E-state index in [1.807, 2.05) is 20.8 Å². The first kappa shape index (κ1) is 18.1. The monoisotopic (exact) mass is 373 g/mol. The minimum absolute atomic E-state index is 0.0307. The van der Waals surface area contributed by atoms with Crippen LogP contribution in [0.4, 0.5) is 4.39 Å². The summed E-state index contributed by atoms with van der Waals surface area (Å²) in [4.78, 5) is 24.0. The third kappa shape index (κ3) is 3.10. The first-order valence-corrected chi connectivity index (χ1v) is 8.36. The van der Waals surface area contributed by atoms with E-state index < -0.39 is 22.8 Å². The number of nitrogens with zero attached hydrogens (tertiary/aromatic N) is 1. The summed E-state index contributed by atoms with van der Waals surface area (Å²) in [7, 11) is 0. The normalized spacial score (nSPS) is 11.7. The molecule has 2 aromatic carbocycles. The number of fused-ring (bicyclic) bond motifs is 1. The van der Waals surface area contributed by atoms with Crippen molar-refractivity contribution in [3.8, 4) is 11.1 Å². The van der Waals surface area contributed by atoms with Crippen LogP contribution < -0.4 is 5.43 Å². The van der Waals surface area contributed by atoms with Crippen molar-refractivity contribution in [2.24, 2.45) is 0 Å². The zero-order valence-electron chi connectivity index (χ0n) is 14.5. The van der Waals surface area contributed by atoms with Crippen molar-refractivity contribution in [2.75, 3.05) is 0 Å². The van der Waals surface area contributed by atoms with Gasteiger partial charge < -0.3 is 9.67 Å². The molecule has 0 fully saturated rings. The first-order chi connectivity index (χ1) is 12.1. The van der Waals surface area contributed by atoms with Crippen LogP contribution in [0.2, 0.25) is 5.02 Å². The molecule has 0 spiro atoms. The lowest BCUT2D eigenvalue weighted by Crippen LogP contribution is -2.27. The van der Waals surface area contributed by atoms with Crippen LogP contribution in [0.5, 0.6) is 0 Å². The maximum absolute atomic E-state index is 14.7. The van der Waals surface area contributed by atoms with Crippen LogP contribution in [0, 0.1) is 5.82 Å². The molecular weight excluding hydrogens is 357 g/mol. The maximum Gasteiger partial charge on any atom is 0.341 e. The van der Waals surface area contributed by atoms with E-state index in [1.54, 1.807) is 34.9 Å². The van der Waals surface area contributed by atoms with Crippen LogP contribution in [0.15, 0.2) is 47.4 Å². The second-order valence-corrected chi connectivity index (χ2v) is 7.51. The van der Waals surface area contributed by atoms with Crippen molar-refractivity contribution in [3.63, 3.8) is 0 Å². The zero-order chi connectivity index (χ0) is 19.2. The number of halogens is 2. The number of hydrogen-bond acceptors (Lipinski definition) is 2. The SMILES string of the molecule is CC(C)(C)n1cc(C(=O)O)c(=O)c2cc(F)c(-c3cccc(Cl)c3)cc21. The van der Waals surface area contributed by atoms with E-state index in [1.165, 1.54) is 6.20 Å². The van der Waals surface area contributed by atoms with Gasteiger partial charge in [-0.25, -0.2) is 9.18 Å². The highest BCUT2D eigenvalue weighted by atomic mass is 35.5. The third-order valence-electron chi connectivity index (χ3n) is 4.18. The maximum atomic E-state index is 14.7. The van der Waals surface area contributed by atoms with Gasteiger partial charge in [0.15, 0.2) is 0 Å². The molecule has 0 bridgehead atoms. The van der Waals surface area contributed by atoms with Gasteiger partial charge in [0, 0.05) is 27.7 Å². The third-order valence-corrected chi connectivity index (χ3v) is 4.42. The molecule has 0 saturated carbocycles. The van der Waals surface area contributed by atoms with Crippen molar-refractivity contribution in [2.45, 2.75) is 26.3 Å². The Bertz CT molecular complexity index is 1100. The van der Waals surface area contributed by atoms with Gasteiger partial charge in [0.1, 0.15) is 11.4 Å². The number of rotatable bonds is 2. The molecule has 6 heteroatoms. The molecule has 3 rings (SSSR count). The van der Waals surface area contributed by atoms with Crippen LogP contribution in [0.25, 0.3) is 22.0 Å². The van der Waals surface area contributed by atoms with E-state index in [4.69, 9.17) is 11.6 Å². The number of hydrogen-bond donors (Lipinski definition) is 1. The van der Waals surface area contributed by atoms with Gasteiger partial charge in [0.25, 0.3) is 0 Å². The Morgan fingerprint density at radius 3 is 2.46 bits per heavy atom. The fraction of sp³-hybridized carbons (Fsp3) is 0.200. The average molecular weight is 374 g/mol. The smallest absolute Gasteiger partial charge is 0.341 e. The highest BCUT2D eigenvalue weighted by Gasteiger charge is 2.22. The lowest BCUT2D eigenvalue weighted by Gasteiger charge is -2.26. The summed E-state index contributed by atoms with van der Waals surface area (Å²) < 4.78 is 16.4. The molecule has 134 valence electrons. The largest absolute Gasteiger partial charge is 0.477 e. The van der Waals surface area contributed by atoms with Crippen LogP contribution in [0.3, 0.4) is 0 Å². The van der Waals surface area contributed by atoms with Crippen molar-refractivity contribution in [1.29, 1.82) is 0 Å². The number of aromatic nitrogens is 1. The lowest BCUT2D eigenvalue weighted by atomic mass is 9.99. The van der Waals surface area contributed by atoms with Gasteiger partial charge in [-0.15, -0.1) is 0 Å². The Hall–Kier alpha value is -2.66. The van der Waals surface area contributed by atoms with Crippen LogP contribution >= 0.6 is 11.6 Å². The molecular formula is C20H17ClFNO3. The van der Waals surface area contributed by atoms with E-state index in [0.29, 0.717) is 21.7 Å². The van der Waals surface area contributed by atoms with Crippen molar-refractivity contribution in [1.82, 2.24) is 4.57 Å². The summed E-state index contributed by atoms with van der Waals surface area (Å²) in [5, 5.41) is 9.83. The Balaban J connectivity index is 2.45. The molecule has 26 heavy (non-hydrogen) atoms. The average Bonchev–Trinajstić information content (AvgIpc) is 2.53. The number of carboxylic acids is 1. The minimum atomic E-state index is -1.34. The molecule has 0 saturated heterocycles. The van der Waals surface area contributed by atoms with Crippen molar-refractivity contribution >= 4 is 28.5 Å². The Morgan fingerprint density at radius 1 is 1.19 bits per heavy atom. The fourth-order valence-corrected chi connectivity index (χ4v) is 3.12. The molecule has 0 atom stereocenters. The molecule has 0 amide bonds. The number of benzene rings is 2. The quantitative estimate of drug-likeness (QED) is 0.694. The van der Waals surface area contributed by atoms with Gasteiger partial charge in [0.2, 0.25) is 5.43 Å². The number of aromatic carboxylic acids is 1. The second kappa shape index (κ2) is 6.25. The Kier molecular flexibility index (Phi) is 4.36. The summed E-state index contributed by atoms with van der Waals surface area (Å²) in [6.07, 6.45) is 1.31. The molecule has 0 aliphatic carbocycles. The molecule has 1 heterocycles. The lowest BCUT2D eigenvalue weighted by molar-refractivity contribution is 0.0694. The van der Waals surface area contributed by atoms with E-state index in [2.05, 4.69) is 0 Å². The number of pyridine rings is 1. The van der Waals surface area contributed by atoms with Crippen LogP contribution in [-0.2, 0) is 5.54 Å². The Morgan fingerprint density at radius 2 is 1.88 bits per heavy atom. The van der Waals surface area contributed by atoms with E-state index in [-0.39, 0.29) is 10.9 Å². The van der Waals surface area contributed by atoms with E-state index in [0.717, 1.165) is 6.07 Å². The molecule has 1 N–H and O–H groups in total. The summed E-state index contributed by atoms with van der Waals surface area (Å²) in [5.74, 6) is -1.95. The van der Waals surface area contributed by atoms with Crippen molar-refractivity contribution in [3.05, 3.63) is 69.2 Å². The highest BCUT2D eigenvalue weighted by Crippen LogP contribution is 2.30. The molecule has 0 unspecified atom stereocenters. The van der Waals surface area contributed by atoms with Crippen LogP contribution in [-0.4, -0.2) is 15.6 Å². The minimum Gasteiger partial charge on any atom is -0.477 e. The van der Waals surface area contributed by atoms with E-state index >= 15 is 0 Å². The molecule has 1 aromatic heterocycles. The number of carbonyl (C=O) groups is 1. The molecule has 0 radical (unpaired) electrons. The van der Waals surface area contributed by atoms with E-state index in [9.17, 15) is 19.1 Å². The molecule has 3 aromatic rings. The van der Waals surface area contributed by atoms with Crippen molar-refractivity contribution < 1.29 is 14.3 Å². The summed E-state index contributed by atoms with van der Waals surface area (Å²) >= 11 is 6.01. The second-order valence-electron chi connectivity index (χ2n) is 7.08. The highest BCUT2D eigenvalue weighted by molar-refractivity contribution is 6.30. The summed E-state index contributed by atoms with van der Waals surface area (Å²) in [6, 6.07) is 9.43. The predicted molar refractivity (Wildman–Crippen MR) is 101 cm³/mol. The standard InChI is InChI=1S/C20H17ClFNO3/c1-20(2,3)23-10-15(19(25)26)18(24)14-8-16(22)13(9-17(14)23)11-5-4-6-12(21)7-11/h4-10H,1-3H3,(H,25,26). The molecule has 0 aliphatic rings. The summed E-state index contributed by atoms with van der Waals surface area (Å²) in [5.41, 5.74) is -0.275. The first-order valence-electron chi connectivity index (χ1n) is 7.98. The summed E-state index contributed by atoms with van der Waals surface area (Å²) in [6.45, 7) is 5.64. The van der Waals surface area contributed by atoms with Gasteiger partial charge in [-0.1, -0.05) is 23.7 Å². The predicted octanol–water partition coefficient (Wildman–Crippen LogP) is 4.91. The van der Waals surface area contributed by atoms with Gasteiger partial charge in [-0.05, 0) is 50.6 Å². The molecule has 0 aliphatic heterocycles.